The maximum absolute atomic E-state index is 12.4. The summed E-state index contributed by atoms with van der Waals surface area (Å²) in [6, 6.07) is 14.2. The summed E-state index contributed by atoms with van der Waals surface area (Å²) in [5, 5.41) is 0.412. The summed E-state index contributed by atoms with van der Waals surface area (Å²) < 4.78 is 40.5. The van der Waals surface area contributed by atoms with Crippen LogP contribution in [-0.2, 0) is 4.84 Å². The number of thiophene rings is 1. The Bertz CT molecular complexity index is 1120. The second-order valence-electron chi connectivity index (χ2n) is 6.07. The predicted molar refractivity (Wildman–Crippen MR) is 98.8 cm³/mol. The molecule has 0 saturated carbocycles. The number of hydroxylamine groups is 2. The van der Waals surface area contributed by atoms with Gasteiger partial charge in [-0.2, -0.15) is 0 Å². The number of imide groups is 1. The minimum atomic E-state index is -4.79. The number of ether oxygens (including phenoxy) is 1. The van der Waals surface area contributed by atoms with Crippen molar-refractivity contribution in [2.45, 2.75) is 6.36 Å². The molecule has 1 aliphatic rings. The van der Waals surface area contributed by atoms with Gasteiger partial charge < -0.3 is 9.57 Å². The van der Waals surface area contributed by atoms with E-state index in [-0.39, 0.29) is 21.8 Å². The average Bonchev–Trinajstić information content (AvgIpc) is 3.28. The van der Waals surface area contributed by atoms with Gasteiger partial charge >= 0.3 is 12.3 Å². The number of alkyl halides is 3. The van der Waals surface area contributed by atoms with Crippen LogP contribution in [0.3, 0.4) is 0 Å². The fourth-order valence-corrected chi connectivity index (χ4v) is 3.69. The van der Waals surface area contributed by atoms with Gasteiger partial charge in [-0.1, -0.05) is 17.2 Å². The molecule has 2 heterocycles. The third-order valence-corrected chi connectivity index (χ3v) is 5.22. The Labute approximate surface area is 171 Å². The van der Waals surface area contributed by atoms with Crippen LogP contribution in [0.5, 0.6) is 5.75 Å². The molecule has 0 atom stereocenters. The molecule has 0 spiro atoms. The number of fused-ring (bicyclic) bond motifs is 1. The summed E-state index contributed by atoms with van der Waals surface area (Å²) in [6.45, 7) is 0. The third kappa shape index (κ3) is 3.77. The SMILES string of the molecule is O=C(ON1C(=O)c2ccccc2C1=O)c1ccc(-c2ccc(OC(F)(F)F)cc2)s1. The molecule has 152 valence electrons. The second kappa shape index (κ2) is 7.30. The smallest absolute Gasteiger partial charge is 0.406 e. The van der Waals surface area contributed by atoms with E-state index in [0.717, 1.165) is 23.5 Å². The van der Waals surface area contributed by atoms with E-state index in [1.54, 1.807) is 18.2 Å². The monoisotopic (exact) mass is 433 g/mol. The van der Waals surface area contributed by atoms with Crippen LogP contribution in [0, 0.1) is 0 Å². The van der Waals surface area contributed by atoms with Gasteiger partial charge in [0.2, 0.25) is 0 Å². The number of hydrogen-bond acceptors (Lipinski definition) is 6. The maximum Gasteiger partial charge on any atom is 0.573 e. The molecule has 0 bridgehead atoms. The van der Waals surface area contributed by atoms with Crippen molar-refractivity contribution in [2.24, 2.45) is 0 Å². The quantitative estimate of drug-likeness (QED) is 0.559. The van der Waals surface area contributed by atoms with Gasteiger partial charge in [0.25, 0.3) is 11.8 Å². The minimum Gasteiger partial charge on any atom is -0.406 e. The summed E-state index contributed by atoms with van der Waals surface area (Å²) in [5.74, 6) is -2.74. The molecule has 0 radical (unpaired) electrons. The van der Waals surface area contributed by atoms with Gasteiger partial charge in [0.15, 0.2) is 0 Å². The first-order chi connectivity index (χ1) is 14.2. The highest BCUT2D eigenvalue weighted by atomic mass is 32.1. The standard InChI is InChI=1S/C20H10F3NO5S/c21-20(22,23)28-12-7-5-11(6-8-12)15-9-10-16(30-15)19(27)29-24-17(25)13-3-1-2-4-14(13)18(24)26/h1-10H. The average molecular weight is 433 g/mol. The lowest BCUT2D eigenvalue weighted by Crippen LogP contribution is -2.32. The number of rotatable bonds is 4. The fourth-order valence-electron chi connectivity index (χ4n) is 2.80. The Morgan fingerprint density at radius 1 is 0.867 bits per heavy atom. The van der Waals surface area contributed by atoms with Crippen LogP contribution in [0.2, 0.25) is 0 Å². The Balaban J connectivity index is 1.47. The van der Waals surface area contributed by atoms with Gasteiger partial charge in [-0.15, -0.1) is 24.5 Å². The van der Waals surface area contributed by atoms with Crippen molar-refractivity contribution < 1.29 is 37.1 Å². The van der Waals surface area contributed by atoms with Crippen molar-refractivity contribution in [1.82, 2.24) is 5.06 Å². The molecule has 6 nitrogen and oxygen atoms in total. The van der Waals surface area contributed by atoms with Crippen LogP contribution in [0.25, 0.3) is 10.4 Å². The molecule has 10 heteroatoms. The molecular formula is C20H10F3NO5S. The van der Waals surface area contributed by atoms with Crippen molar-refractivity contribution in [3.8, 4) is 16.2 Å². The summed E-state index contributed by atoms with van der Waals surface area (Å²) in [5.41, 5.74) is 0.834. The molecule has 3 aromatic rings. The molecule has 30 heavy (non-hydrogen) atoms. The Morgan fingerprint density at radius 3 is 2.03 bits per heavy atom. The number of hydrogen-bond donors (Lipinski definition) is 0. The molecule has 2 aromatic carbocycles. The first-order valence-electron chi connectivity index (χ1n) is 8.39. The van der Waals surface area contributed by atoms with Crippen LogP contribution in [0.1, 0.15) is 30.4 Å². The number of halogens is 3. The Kier molecular flexibility index (Phi) is 4.78. The zero-order valence-corrected chi connectivity index (χ0v) is 15.6. The van der Waals surface area contributed by atoms with E-state index in [9.17, 15) is 27.6 Å². The molecule has 4 rings (SSSR count). The van der Waals surface area contributed by atoms with E-state index in [0.29, 0.717) is 15.5 Å². The molecule has 2 amide bonds. The van der Waals surface area contributed by atoms with E-state index < -0.39 is 24.1 Å². The molecule has 0 N–H and O–H groups in total. The summed E-state index contributed by atoms with van der Waals surface area (Å²) in [4.78, 5) is 42.6. The zero-order valence-electron chi connectivity index (χ0n) is 14.8. The largest absolute Gasteiger partial charge is 0.573 e. The summed E-state index contributed by atoms with van der Waals surface area (Å²) in [7, 11) is 0. The van der Waals surface area contributed by atoms with Gasteiger partial charge in [-0.3, -0.25) is 9.59 Å². The van der Waals surface area contributed by atoms with Crippen LogP contribution < -0.4 is 4.74 Å². The third-order valence-electron chi connectivity index (χ3n) is 4.11. The molecule has 1 aromatic heterocycles. The second-order valence-corrected chi connectivity index (χ2v) is 7.15. The molecule has 0 unspecified atom stereocenters. The fraction of sp³-hybridized carbons (Fsp3) is 0.0500. The van der Waals surface area contributed by atoms with Crippen molar-refractivity contribution >= 4 is 29.1 Å². The van der Waals surface area contributed by atoms with E-state index in [4.69, 9.17) is 4.84 Å². The Hall–Kier alpha value is -3.66. The first-order valence-corrected chi connectivity index (χ1v) is 9.21. The zero-order chi connectivity index (χ0) is 21.5. The van der Waals surface area contributed by atoms with Gasteiger partial charge in [0, 0.05) is 4.88 Å². The lowest BCUT2D eigenvalue weighted by Gasteiger charge is -2.11. The number of carbonyl (C=O) groups excluding carboxylic acids is 3. The van der Waals surface area contributed by atoms with Gasteiger partial charge in [0.05, 0.1) is 11.1 Å². The van der Waals surface area contributed by atoms with Gasteiger partial charge in [-0.05, 0) is 54.1 Å². The molecular weight excluding hydrogens is 423 g/mol. The lowest BCUT2D eigenvalue weighted by molar-refractivity contribution is -0.274. The van der Waals surface area contributed by atoms with Gasteiger partial charge in [0.1, 0.15) is 10.6 Å². The number of amides is 2. The minimum absolute atomic E-state index is 0.108. The molecule has 0 fully saturated rings. The normalized spacial score (nSPS) is 13.4. The topological polar surface area (TPSA) is 72.9 Å². The molecule has 0 saturated heterocycles. The maximum atomic E-state index is 12.4. The predicted octanol–water partition coefficient (Wildman–Crippen LogP) is 4.68. The number of nitrogens with zero attached hydrogens (tertiary/aromatic N) is 1. The van der Waals surface area contributed by atoms with E-state index in [1.807, 2.05) is 0 Å². The highest BCUT2D eigenvalue weighted by Gasteiger charge is 2.39. The molecule has 0 aliphatic carbocycles. The van der Waals surface area contributed by atoms with Crippen LogP contribution in [0.15, 0.2) is 60.7 Å². The first kappa shape index (κ1) is 19.6. The Morgan fingerprint density at radius 2 is 1.47 bits per heavy atom. The van der Waals surface area contributed by atoms with E-state index >= 15 is 0 Å². The van der Waals surface area contributed by atoms with Crippen molar-refractivity contribution in [3.63, 3.8) is 0 Å². The summed E-state index contributed by atoms with van der Waals surface area (Å²) in [6.07, 6.45) is -4.79. The molecule has 1 aliphatic heterocycles. The van der Waals surface area contributed by atoms with E-state index in [2.05, 4.69) is 4.74 Å². The van der Waals surface area contributed by atoms with Gasteiger partial charge in [-0.25, -0.2) is 4.79 Å². The van der Waals surface area contributed by atoms with Crippen molar-refractivity contribution in [1.29, 1.82) is 0 Å². The summed E-state index contributed by atoms with van der Waals surface area (Å²) >= 11 is 0.996. The highest BCUT2D eigenvalue weighted by Crippen LogP contribution is 2.32. The van der Waals surface area contributed by atoms with Crippen LogP contribution >= 0.6 is 11.3 Å². The van der Waals surface area contributed by atoms with Crippen LogP contribution in [-0.4, -0.2) is 29.2 Å². The van der Waals surface area contributed by atoms with Crippen molar-refractivity contribution in [3.05, 3.63) is 76.7 Å². The van der Waals surface area contributed by atoms with E-state index in [1.165, 1.54) is 30.3 Å². The van der Waals surface area contributed by atoms with Crippen LogP contribution in [0.4, 0.5) is 13.2 Å². The number of carbonyl (C=O) groups is 3. The lowest BCUT2D eigenvalue weighted by atomic mass is 10.1. The number of benzene rings is 2. The highest BCUT2D eigenvalue weighted by molar-refractivity contribution is 7.17. The van der Waals surface area contributed by atoms with Crippen molar-refractivity contribution in [2.75, 3.05) is 0 Å².